The third-order valence-electron chi connectivity index (χ3n) is 8.17. The maximum Gasteiger partial charge on any atom is 0.404 e. The van der Waals surface area contributed by atoms with Crippen LogP contribution in [0, 0.1) is 27.4 Å². The molecule has 0 spiro atoms. The topological polar surface area (TPSA) is 108 Å². The molecule has 9 nitrogen and oxygen atoms in total. The van der Waals surface area contributed by atoms with Crippen molar-refractivity contribution >= 4 is 44.9 Å². The third kappa shape index (κ3) is 4.34. The van der Waals surface area contributed by atoms with Crippen LogP contribution in [0.3, 0.4) is 0 Å². The summed E-state index contributed by atoms with van der Waals surface area (Å²) in [6, 6.07) is 7.61. The van der Waals surface area contributed by atoms with Crippen LogP contribution in [-0.2, 0) is 16.9 Å². The van der Waals surface area contributed by atoms with E-state index in [1.165, 1.54) is 6.42 Å². The van der Waals surface area contributed by atoms with E-state index in [-0.39, 0.29) is 22.7 Å². The molecule has 4 bridgehead atoms. The Hall–Kier alpha value is -2.72. The largest absolute Gasteiger partial charge is 0.404 e. The quantitative estimate of drug-likeness (QED) is 0.285. The molecule has 4 fully saturated rings. The summed E-state index contributed by atoms with van der Waals surface area (Å²) in [7, 11) is 0. The monoisotopic (exact) mass is 572 g/mol. The molecule has 11 heteroatoms. The van der Waals surface area contributed by atoms with Crippen molar-refractivity contribution in [2.24, 2.45) is 17.3 Å². The van der Waals surface area contributed by atoms with Crippen LogP contribution in [0.5, 0.6) is 0 Å². The summed E-state index contributed by atoms with van der Waals surface area (Å²) in [6.07, 6.45) is 11.7. The van der Waals surface area contributed by atoms with Crippen LogP contribution in [0.2, 0.25) is 5.02 Å². The maximum atomic E-state index is 13.2. The van der Waals surface area contributed by atoms with Gasteiger partial charge < -0.3 is 15.4 Å². The normalized spacial score (nSPS) is 28.4. The van der Waals surface area contributed by atoms with Gasteiger partial charge in [0, 0.05) is 17.6 Å². The van der Waals surface area contributed by atoms with Crippen molar-refractivity contribution in [1.29, 1.82) is 0 Å². The average Bonchev–Trinajstić information content (AvgIpc) is 3.40. The predicted molar refractivity (Wildman–Crippen MR) is 138 cm³/mol. The lowest BCUT2D eigenvalue weighted by atomic mass is 9.46. The number of rotatable bonds is 7. The molecule has 0 radical (unpaired) electrons. The minimum Gasteiger partial charge on any atom is -0.358 e. The number of aromatic nitrogens is 4. The molecule has 188 valence electrons. The molecule has 3 aromatic rings. The number of benzene rings is 1. The highest BCUT2D eigenvalue weighted by molar-refractivity contribution is 9.10. The predicted octanol–water partition coefficient (Wildman–Crippen LogP) is 5.78. The number of nitro groups is 1. The fraction of sp³-hybridized carbons (Fsp3) is 0.480. The molecule has 2 heterocycles. The Morgan fingerprint density at radius 2 is 1.92 bits per heavy atom. The van der Waals surface area contributed by atoms with Crippen LogP contribution in [-0.4, -0.2) is 30.4 Å². The molecular weight excluding hydrogens is 548 g/mol. The summed E-state index contributed by atoms with van der Waals surface area (Å²) >= 11 is 9.28. The van der Waals surface area contributed by atoms with Gasteiger partial charge in [-0.1, -0.05) is 23.7 Å². The maximum absolute atomic E-state index is 13.2. The molecule has 1 amide bonds. The van der Waals surface area contributed by atoms with Crippen LogP contribution in [0.4, 0.5) is 11.5 Å². The second-order valence-corrected chi connectivity index (χ2v) is 12.3. The number of nitrogens with one attached hydrogen (secondary N) is 1. The zero-order valence-electron chi connectivity index (χ0n) is 19.6. The molecule has 4 aliphatic rings. The average molecular weight is 574 g/mol. The molecule has 0 saturated heterocycles. The van der Waals surface area contributed by atoms with E-state index in [4.69, 9.17) is 11.6 Å². The summed E-state index contributed by atoms with van der Waals surface area (Å²) in [5.74, 6) is 0.880. The molecule has 7 rings (SSSR count). The van der Waals surface area contributed by atoms with Crippen LogP contribution in [0.15, 0.2) is 47.3 Å². The first kappa shape index (κ1) is 23.7. The van der Waals surface area contributed by atoms with Gasteiger partial charge in [0.25, 0.3) is 0 Å². The van der Waals surface area contributed by atoms with Gasteiger partial charge in [-0.05, 0) is 94.3 Å². The molecule has 2 aromatic heterocycles. The number of carbonyl (C=O) groups is 1. The van der Waals surface area contributed by atoms with Gasteiger partial charge in [-0.25, -0.2) is 0 Å². The molecular formula is C25H26BrClN6O3. The van der Waals surface area contributed by atoms with Gasteiger partial charge in [-0.15, -0.1) is 0 Å². The van der Waals surface area contributed by atoms with Crippen molar-refractivity contribution in [2.75, 3.05) is 5.32 Å². The van der Waals surface area contributed by atoms with Crippen molar-refractivity contribution in [1.82, 2.24) is 19.6 Å². The number of amides is 1. The Kier molecular flexibility index (Phi) is 5.71. The molecule has 2 atom stereocenters. The van der Waals surface area contributed by atoms with E-state index in [0.717, 1.165) is 37.7 Å². The highest BCUT2D eigenvalue weighted by Crippen LogP contribution is 2.65. The standard InChI is InChI=1S/C25H26BrClN6O3/c26-21-14-32(30-23(21)33(35)36)25-8-17-5-18(9-25)7-24(6-17,15-25)10-22(34)29-20-11-28-31(13-20)12-16-1-3-19(27)4-2-16/h1-4,11,13-14,17-18H,5-10,12,15H2,(H,29,34). The molecule has 36 heavy (non-hydrogen) atoms. The van der Waals surface area contributed by atoms with E-state index in [0.29, 0.717) is 40.0 Å². The summed E-state index contributed by atoms with van der Waals surface area (Å²) in [4.78, 5) is 24.2. The van der Waals surface area contributed by atoms with E-state index in [2.05, 4.69) is 31.4 Å². The zero-order valence-corrected chi connectivity index (χ0v) is 21.9. The number of nitrogens with zero attached hydrogens (tertiary/aromatic N) is 5. The Balaban J connectivity index is 1.16. The molecule has 1 N–H and O–H groups in total. The van der Waals surface area contributed by atoms with Gasteiger partial charge >= 0.3 is 5.82 Å². The number of hydrogen-bond acceptors (Lipinski definition) is 5. The Labute approximate surface area is 221 Å². The highest BCUT2D eigenvalue weighted by Gasteiger charge is 2.60. The summed E-state index contributed by atoms with van der Waals surface area (Å²) in [6.45, 7) is 0.592. The molecule has 4 saturated carbocycles. The summed E-state index contributed by atoms with van der Waals surface area (Å²) in [5.41, 5.74) is 1.38. The lowest BCUT2D eigenvalue weighted by Gasteiger charge is -2.61. The van der Waals surface area contributed by atoms with E-state index < -0.39 is 4.92 Å². The van der Waals surface area contributed by atoms with E-state index in [1.54, 1.807) is 17.1 Å². The minimum atomic E-state index is -0.447. The van der Waals surface area contributed by atoms with Gasteiger partial charge in [0.05, 0.1) is 35.3 Å². The van der Waals surface area contributed by atoms with Gasteiger partial charge in [0.2, 0.25) is 5.91 Å². The molecule has 0 aliphatic heterocycles. The second kappa shape index (κ2) is 8.69. The van der Waals surface area contributed by atoms with Crippen molar-refractivity contribution in [3.8, 4) is 0 Å². The molecule has 1 aromatic carbocycles. The van der Waals surface area contributed by atoms with Crippen LogP contribution < -0.4 is 5.32 Å². The Bertz CT molecular complexity index is 1320. The SMILES string of the molecule is O=C(CC12CC3CC(C1)CC(n1cc(Br)c([N+](=O)[O-])n1)(C3)C2)Nc1cnn(Cc2ccc(Cl)cc2)c1. The lowest BCUT2D eigenvalue weighted by molar-refractivity contribution is -0.390. The van der Waals surface area contributed by atoms with Crippen LogP contribution in [0.25, 0.3) is 0 Å². The Morgan fingerprint density at radius 1 is 1.19 bits per heavy atom. The molecule has 4 aliphatic carbocycles. The summed E-state index contributed by atoms with van der Waals surface area (Å²) in [5, 5.41) is 23.9. The highest BCUT2D eigenvalue weighted by atomic mass is 79.9. The van der Waals surface area contributed by atoms with E-state index in [1.807, 2.05) is 35.1 Å². The fourth-order valence-corrected chi connectivity index (χ4v) is 7.97. The number of halogens is 2. The van der Waals surface area contributed by atoms with Gasteiger partial charge in [-0.3, -0.25) is 9.48 Å². The van der Waals surface area contributed by atoms with Crippen molar-refractivity contribution in [2.45, 2.75) is 57.0 Å². The van der Waals surface area contributed by atoms with Crippen LogP contribution >= 0.6 is 27.5 Å². The number of hydrogen-bond donors (Lipinski definition) is 1. The van der Waals surface area contributed by atoms with Crippen molar-refractivity contribution in [3.05, 3.63) is 68.0 Å². The molecule has 2 unspecified atom stereocenters. The fourth-order valence-electron chi connectivity index (χ4n) is 7.42. The van der Waals surface area contributed by atoms with Gasteiger partial charge in [-0.2, -0.15) is 9.78 Å². The smallest absolute Gasteiger partial charge is 0.358 e. The lowest BCUT2D eigenvalue weighted by Crippen LogP contribution is -2.57. The summed E-state index contributed by atoms with van der Waals surface area (Å²) < 4.78 is 4.03. The number of anilines is 1. The third-order valence-corrected chi connectivity index (χ3v) is 8.98. The second-order valence-electron chi connectivity index (χ2n) is 11.0. The number of carbonyl (C=O) groups excluding carboxylic acids is 1. The van der Waals surface area contributed by atoms with Gasteiger partial charge in [0.1, 0.15) is 4.47 Å². The Morgan fingerprint density at radius 3 is 2.58 bits per heavy atom. The van der Waals surface area contributed by atoms with E-state index in [9.17, 15) is 14.9 Å². The van der Waals surface area contributed by atoms with Crippen molar-refractivity contribution in [3.63, 3.8) is 0 Å². The van der Waals surface area contributed by atoms with Crippen LogP contribution in [0.1, 0.15) is 50.5 Å². The minimum absolute atomic E-state index is 0.00855. The van der Waals surface area contributed by atoms with E-state index >= 15 is 0 Å². The first-order valence-corrected chi connectivity index (χ1v) is 13.3. The first-order valence-electron chi connectivity index (χ1n) is 12.2. The van der Waals surface area contributed by atoms with Gasteiger partial charge in [0.15, 0.2) is 0 Å². The van der Waals surface area contributed by atoms with Crippen molar-refractivity contribution < 1.29 is 9.72 Å². The first-order chi connectivity index (χ1) is 17.2. The zero-order chi connectivity index (χ0) is 25.1.